The third kappa shape index (κ3) is 14.0. The van der Waals surface area contributed by atoms with Gasteiger partial charge in [-0.05, 0) is 178 Å². The van der Waals surface area contributed by atoms with Crippen molar-refractivity contribution >= 4 is 32.3 Å². The molecule has 0 saturated heterocycles. The molecule has 0 saturated carbocycles. The van der Waals surface area contributed by atoms with Gasteiger partial charge in [0.15, 0.2) is 0 Å². The van der Waals surface area contributed by atoms with Crippen molar-refractivity contribution in [1.82, 2.24) is 15.0 Å². The van der Waals surface area contributed by atoms with Gasteiger partial charge >= 0.3 is 0 Å². The van der Waals surface area contributed by atoms with Crippen LogP contribution in [0.1, 0.15) is 0 Å². The zero-order chi connectivity index (χ0) is 81.5. The van der Waals surface area contributed by atoms with Crippen molar-refractivity contribution in [3.05, 3.63) is 455 Å². The summed E-state index contributed by atoms with van der Waals surface area (Å²) in [5.41, 5.74) is 33.3. The number of aromatic nitrogens is 3. The number of para-hydroxylation sites is 3. The summed E-state index contributed by atoms with van der Waals surface area (Å²) in [6, 6.07) is 159. The maximum atomic E-state index is 6.37. The highest BCUT2D eigenvalue weighted by atomic mass is 16.5. The molecule has 18 aromatic carbocycles. The molecule has 0 unspecified atom stereocenters. The summed E-state index contributed by atoms with van der Waals surface area (Å²) in [4.78, 5) is 15.5. The van der Waals surface area contributed by atoms with E-state index in [0.717, 1.165) is 168 Å². The summed E-state index contributed by atoms with van der Waals surface area (Å²) >= 11 is 0. The van der Waals surface area contributed by atoms with Gasteiger partial charge in [0.05, 0.1) is 34.2 Å². The molecule has 0 atom stereocenters. The molecule has 0 radical (unpaired) electrons. The number of benzene rings is 18. The molecule has 6 heteroatoms. The Morgan fingerprint density at radius 2 is 0.382 bits per heavy atom. The zero-order valence-corrected chi connectivity index (χ0v) is 66.9. The molecule has 0 aliphatic carbocycles. The second-order valence-corrected chi connectivity index (χ2v) is 31.1. The third-order valence-corrected chi connectivity index (χ3v) is 23.7. The lowest BCUT2D eigenvalue weighted by molar-refractivity contribution is 0.487. The fraction of sp³-hybridized carbons (Fsp3) is 0. The average molecular weight is 1570 g/mol. The number of nitrogens with zero attached hydrogens (tertiary/aromatic N) is 3. The van der Waals surface area contributed by atoms with E-state index in [1.807, 2.05) is 54.6 Å². The Balaban J connectivity index is 0.000000110. The normalized spacial score (nSPS) is 11.6. The second kappa shape index (κ2) is 31.8. The summed E-state index contributed by atoms with van der Waals surface area (Å²) in [7, 11) is 0. The van der Waals surface area contributed by atoms with Gasteiger partial charge in [0.2, 0.25) is 0 Å². The maximum absolute atomic E-state index is 6.37. The van der Waals surface area contributed by atoms with Crippen molar-refractivity contribution < 1.29 is 14.2 Å². The molecule has 576 valence electrons. The highest BCUT2D eigenvalue weighted by Crippen LogP contribution is 2.53. The summed E-state index contributed by atoms with van der Waals surface area (Å²) in [5, 5.41) is 7.02. The van der Waals surface area contributed by atoms with Crippen molar-refractivity contribution in [2.75, 3.05) is 0 Å². The fourth-order valence-electron chi connectivity index (χ4n) is 17.8. The van der Waals surface area contributed by atoms with Gasteiger partial charge in [0.1, 0.15) is 34.5 Å². The highest BCUT2D eigenvalue weighted by molar-refractivity contribution is 6.13. The number of ether oxygens (including phenoxy) is 3. The summed E-state index contributed by atoms with van der Waals surface area (Å²) in [6.45, 7) is 0. The Bertz CT molecular complexity index is 7430. The first kappa shape index (κ1) is 73.0. The molecule has 6 nitrogen and oxygen atoms in total. The lowest BCUT2D eigenvalue weighted by Crippen LogP contribution is -1.98. The van der Waals surface area contributed by atoms with E-state index in [1.165, 1.54) is 66.2 Å². The van der Waals surface area contributed by atoms with E-state index >= 15 is 0 Å². The first-order chi connectivity index (χ1) is 61.0. The van der Waals surface area contributed by atoms with Gasteiger partial charge < -0.3 is 14.2 Å². The monoisotopic (exact) mass is 1570 g/mol. The van der Waals surface area contributed by atoms with Crippen LogP contribution in [0.25, 0.3) is 200 Å². The van der Waals surface area contributed by atoms with Crippen molar-refractivity contribution in [1.29, 1.82) is 0 Å². The number of fused-ring (bicyclic) bond motifs is 6. The first-order valence-electron chi connectivity index (χ1n) is 41.7. The number of rotatable bonds is 12. The molecule has 3 aliphatic rings. The van der Waals surface area contributed by atoms with Gasteiger partial charge in [-0.3, -0.25) is 0 Å². The Kier molecular flexibility index (Phi) is 18.9. The molecule has 3 aromatic heterocycles. The van der Waals surface area contributed by atoms with Crippen molar-refractivity contribution in [2.45, 2.75) is 0 Å². The van der Waals surface area contributed by atoms with Crippen LogP contribution in [-0.4, -0.2) is 15.0 Å². The summed E-state index contributed by atoms with van der Waals surface area (Å²) in [6.07, 6.45) is 0. The molecule has 0 bridgehead atoms. The predicted octanol–water partition coefficient (Wildman–Crippen LogP) is 32.0. The van der Waals surface area contributed by atoms with E-state index in [4.69, 9.17) is 29.2 Å². The fourth-order valence-corrected chi connectivity index (χ4v) is 17.8. The van der Waals surface area contributed by atoms with Crippen LogP contribution in [0.5, 0.6) is 34.5 Å². The zero-order valence-electron chi connectivity index (χ0n) is 66.9. The Morgan fingerprint density at radius 1 is 0.122 bits per heavy atom. The smallest absolute Gasteiger partial charge is 0.135 e. The predicted molar refractivity (Wildman–Crippen MR) is 507 cm³/mol. The minimum absolute atomic E-state index is 0.895. The van der Waals surface area contributed by atoms with E-state index < -0.39 is 0 Å². The van der Waals surface area contributed by atoms with E-state index in [9.17, 15) is 0 Å². The Labute approximate surface area is 713 Å². The lowest BCUT2D eigenvalue weighted by Gasteiger charge is -2.23. The van der Waals surface area contributed by atoms with Gasteiger partial charge in [-0.1, -0.05) is 376 Å². The second-order valence-electron chi connectivity index (χ2n) is 31.1. The number of pyridine rings is 3. The largest absolute Gasteiger partial charge is 0.456 e. The minimum atomic E-state index is 0.895. The van der Waals surface area contributed by atoms with Crippen molar-refractivity contribution in [3.8, 4) is 202 Å². The SMILES string of the molecule is c1ccc(-c2cc(-c3ccccc3)nc(-c3ccc(-c4ccc5c6c(cccc46)-c4ccccc4O5)cc3)c2)cc1.c1ccc(-c2cc(-c3ccccc3)nc(-c3cccc(-c4ccc5c6c(cccc46)-c4ccccc4O5)c3)c2)cc1.c1ccc(-c2cc(-c3ccccc3)nc(-c3ccccc3-c3ccc4c5c(cccc35)-c3ccccc3O4)c2)cc1. The molecule has 24 rings (SSSR count). The molecular formula is C117H75N3O3. The van der Waals surface area contributed by atoms with Crippen LogP contribution in [0.15, 0.2) is 455 Å². The van der Waals surface area contributed by atoms with Gasteiger partial charge in [0, 0.05) is 66.2 Å². The molecule has 0 N–H and O–H groups in total. The standard InChI is InChI=1S/3C39H25NO/c1-3-11-26(12-4-1)30-24-35(27-13-5-2-6-14-27)40-36(25-30)29-16-9-15-28(23-29)31-21-22-38-39-33(31)18-10-19-34(39)32-17-7-8-20-37(32)41-38;1-3-12-26(13-4-1)28-24-35(27-14-5-2-6-15-27)40-36(25-28)31-17-8-7-16-29(31)30-22-23-38-39-33(30)19-11-20-34(39)32-18-9-10-21-37(32)41-38;1-3-10-26(11-4-1)30-24-35(28-12-5-2-6-13-28)40-36(25-30)29-20-18-27(19-21-29)31-22-23-38-39-33(31)15-9-16-34(39)32-14-7-8-17-37(32)41-38/h3*1-25H. The summed E-state index contributed by atoms with van der Waals surface area (Å²) in [5.74, 6) is 5.41. The third-order valence-electron chi connectivity index (χ3n) is 23.7. The van der Waals surface area contributed by atoms with Crippen molar-refractivity contribution in [2.24, 2.45) is 0 Å². The van der Waals surface area contributed by atoms with Crippen LogP contribution >= 0.6 is 0 Å². The van der Waals surface area contributed by atoms with Crippen LogP contribution < -0.4 is 14.2 Å². The number of hydrogen-bond acceptors (Lipinski definition) is 6. The molecular weight excluding hydrogens is 1500 g/mol. The molecule has 0 fully saturated rings. The van der Waals surface area contributed by atoms with E-state index in [0.29, 0.717) is 0 Å². The number of hydrogen-bond donors (Lipinski definition) is 0. The van der Waals surface area contributed by atoms with Crippen LogP contribution in [0.2, 0.25) is 0 Å². The van der Waals surface area contributed by atoms with Crippen molar-refractivity contribution in [3.63, 3.8) is 0 Å². The van der Waals surface area contributed by atoms with E-state index in [1.54, 1.807) is 0 Å². The van der Waals surface area contributed by atoms with Gasteiger partial charge in [-0.25, -0.2) is 15.0 Å². The van der Waals surface area contributed by atoms with Gasteiger partial charge in [-0.15, -0.1) is 0 Å². The molecule has 3 aliphatic heterocycles. The van der Waals surface area contributed by atoms with Gasteiger partial charge in [0.25, 0.3) is 0 Å². The van der Waals surface area contributed by atoms with Crippen LogP contribution in [0.3, 0.4) is 0 Å². The molecule has 21 aromatic rings. The Hall–Kier alpha value is -16.4. The minimum Gasteiger partial charge on any atom is -0.456 e. The average Bonchev–Trinajstić information content (AvgIpc) is 0.745. The first-order valence-corrected chi connectivity index (χ1v) is 41.7. The maximum Gasteiger partial charge on any atom is 0.135 e. The van der Waals surface area contributed by atoms with Gasteiger partial charge in [-0.2, -0.15) is 0 Å². The lowest BCUT2D eigenvalue weighted by atomic mass is 9.88. The molecule has 123 heavy (non-hydrogen) atoms. The topological polar surface area (TPSA) is 66.4 Å². The van der Waals surface area contributed by atoms with E-state index in [-0.39, 0.29) is 0 Å². The van der Waals surface area contributed by atoms with E-state index in [2.05, 4.69) is 400 Å². The van der Waals surface area contributed by atoms with Crippen LogP contribution in [-0.2, 0) is 0 Å². The van der Waals surface area contributed by atoms with Crippen LogP contribution in [0.4, 0.5) is 0 Å². The summed E-state index contributed by atoms with van der Waals surface area (Å²) < 4.78 is 19.0. The molecule has 0 spiro atoms. The Morgan fingerprint density at radius 3 is 0.780 bits per heavy atom. The molecule has 6 heterocycles. The van der Waals surface area contributed by atoms with Crippen LogP contribution in [0, 0.1) is 0 Å². The quantitative estimate of drug-likeness (QED) is 0.121. The molecule has 0 amide bonds. The highest BCUT2D eigenvalue weighted by Gasteiger charge is 2.27.